The standard InChI is InChI=1S/C41H60N2O16/c1-20-24-17-41(53)34(57-28(48)18-43(10)27(47)15-13-11-12-14-23(30(49)35(51)56-24)42-36(52)59-37(4,5)6)32-39(9,25(46)16-26-40(32,19-54-26)58-22(3)45)33(50)31(55-21(2)44)29(20)38(41,7)8/h23-26,30-32,34,46,49,53H,11-19H2,1-10H3,(H,42,52)/t23-,24-,25-,26+,30+,31+,32-,34-,39+,40-,41+/m0/s1. The Hall–Kier alpha value is -4.13. The molecule has 0 unspecified atom stereocenters. The second-order valence-electron chi connectivity index (χ2n) is 18.4. The van der Waals surface area contributed by atoms with Crippen LogP contribution in [0.2, 0.25) is 0 Å². The Labute approximate surface area is 343 Å². The van der Waals surface area contributed by atoms with Gasteiger partial charge >= 0.3 is 30.0 Å². The summed E-state index contributed by atoms with van der Waals surface area (Å²) in [6, 6.07) is -1.23. The van der Waals surface area contributed by atoms with Crippen molar-refractivity contribution in [2.45, 2.75) is 167 Å². The Morgan fingerprint density at radius 2 is 1.63 bits per heavy atom. The van der Waals surface area contributed by atoms with Gasteiger partial charge in [0.05, 0.1) is 30.1 Å². The first kappa shape index (κ1) is 45.9. The molecule has 0 aromatic carbocycles. The fraction of sp³-hybridized carbons (Fsp3) is 0.780. The Kier molecular flexibility index (Phi) is 12.8. The maximum atomic E-state index is 15.4. The maximum Gasteiger partial charge on any atom is 0.407 e. The normalized spacial score (nSPS) is 38.1. The largest absolute Gasteiger partial charge is 0.457 e. The third-order valence-electron chi connectivity index (χ3n) is 13.0. The predicted molar refractivity (Wildman–Crippen MR) is 203 cm³/mol. The molecule has 2 amide bonds. The SMILES string of the molecule is CC(=O)O[C@H]1C(=O)[C@@]2(C)[C@H]([C@@H]3OC(=O)CN(C)C(=O)CCCCC[C@H](NC(=O)OC(C)(C)C)[C@@H](O)C(=O)O[C@H]4C[C@]3(O)C(C)(C)C1=C4C)[C@]1(OC(C)=O)CO[C@@H]1C[C@@H]2O. The summed E-state index contributed by atoms with van der Waals surface area (Å²) < 4.78 is 35.3. The summed E-state index contributed by atoms with van der Waals surface area (Å²) in [5, 5.41) is 39.6. The molecule has 2 saturated heterocycles. The van der Waals surface area contributed by atoms with E-state index < -0.39 is 131 Å². The highest BCUT2D eigenvalue weighted by molar-refractivity contribution is 5.95. The van der Waals surface area contributed by atoms with Gasteiger partial charge in [-0.05, 0) is 58.6 Å². The van der Waals surface area contributed by atoms with Crippen molar-refractivity contribution in [1.82, 2.24) is 10.2 Å². The van der Waals surface area contributed by atoms with Gasteiger partial charge in [0.25, 0.3) is 0 Å². The number of hydrogen-bond donors (Lipinski definition) is 4. The molecule has 59 heavy (non-hydrogen) atoms. The summed E-state index contributed by atoms with van der Waals surface area (Å²) in [6.07, 6.45) is -10.3. The van der Waals surface area contributed by atoms with E-state index in [0.717, 1.165) is 18.7 Å². The van der Waals surface area contributed by atoms with Gasteiger partial charge in [0.15, 0.2) is 23.6 Å². The molecule has 11 atom stereocenters. The van der Waals surface area contributed by atoms with Crippen LogP contribution >= 0.6 is 0 Å². The first-order valence-electron chi connectivity index (χ1n) is 20.2. The van der Waals surface area contributed by atoms with Crippen molar-refractivity contribution in [3.05, 3.63) is 11.1 Å². The molecule has 4 fully saturated rings. The van der Waals surface area contributed by atoms with Crippen molar-refractivity contribution in [2.75, 3.05) is 20.2 Å². The van der Waals surface area contributed by atoms with Crippen LogP contribution in [0.5, 0.6) is 0 Å². The van der Waals surface area contributed by atoms with Crippen molar-refractivity contribution < 1.29 is 77.3 Å². The van der Waals surface area contributed by atoms with Gasteiger partial charge in [0.1, 0.15) is 36.1 Å². The third-order valence-corrected chi connectivity index (χ3v) is 13.0. The maximum absolute atomic E-state index is 15.4. The van der Waals surface area contributed by atoms with E-state index >= 15 is 4.79 Å². The summed E-state index contributed by atoms with van der Waals surface area (Å²) in [7, 11) is 1.40. The highest BCUT2D eigenvalue weighted by Crippen LogP contribution is 2.64. The lowest BCUT2D eigenvalue weighted by atomic mass is 9.44. The van der Waals surface area contributed by atoms with Gasteiger partial charge in [-0.15, -0.1) is 0 Å². The van der Waals surface area contributed by atoms with Crippen molar-refractivity contribution in [3.63, 3.8) is 0 Å². The molecular formula is C41H60N2O16. The van der Waals surface area contributed by atoms with E-state index in [1.807, 2.05) is 0 Å². The molecule has 0 aromatic heterocycles. The van der Waals surface area contributed by atoms with Gasteiger partial charge in [0, 0.05) is 45.6 Å². The van der Waals surface area contributed by atoms with Crippen LogP contribution < -0.4 is 5.32 Å². The number of amides is 2. The molecular weight excluding hydrogens is 776 g/mol. The second-order valence-corrected chi connectivity index (χ2v) is 18.4. The molecule has 18 heteroatoms. The average Bonchev–Trinajstić information content (AvgIpc) is 3.10. The predicted octanol–water partition coefficient (Wildman–Crippen LogP) is 1.57. The first-order chi connectivity index (χ1) is 27.2. The summed E-state index contributed by atoms with van der Waals surface area (Å²) in [5.41, 5.74) is -8.74. The minimum absolute atomic E-state index is 0.00154. The minimum atomic E-state index is -2.41. The zero-order valence-electron chi connectivity index (χ0n) is 35.6. The van der Waals surface area contributed by atoms with Crippen LogP contribution in [-0.4, -0.2) is 142 Å². The van der Waals surface area contributed by atoms with Crippen LogP contribution in [0.3, 0.4) is 0 Å². The van der Waals surface area contributed by atoms with Gasteiger partial charge in [-0.1, -0.05) is 26.7 Å². The van der Waals surface area contributed by atoms with E-state index in [1.54, 1.807) is 20.8 Å². The fourth-order valence-electron chi connectivity index (χ4n) is 9.87. The quantitative estimate of drug-likeness (QED) is 0.179. The highest BCUT2D eigenvalue weighted by Gasteiger charge is 2.78. The number of ketones is 1. The highest BCUT2D eigenvalue weighted by atomic mass is 16.6. The topological polar surface area (TPSA) is 251 Å². The number of esters is 4. The summed E-state index contributed by atoms with van der Waals surface area (Å²) in [6.45, 7) is 12.1. The Morgan fingerprint density at radius 1 is 0.966 bits per heavy atom. The molecule has 3 bridgehead atoms. The second kappa shape index (κ2) is 16.4. The number of alkyl carbamates (subject to hydrolysis) is 1. The number of nitrogens with zero attached hydrogens (tertiary/aromatic N) is 1. The number of Topliss-reactive ketones (excluding diaryl/α,β-unsaturated/α-hetero) is 1. The molecule has 18 nitrogen and oxygen atoms in total. The number of nitrogens with one attached hydrogen (secondary N) is 1. The van der Waals surface area contributed by atoms with Crippen LogP contribution in [0.25, 0.3) is 0 Å². The van der Waals surface area contributed by atoms with Crippen molar-refractivity contribution >= 4 is 41.7 Å². The molecule has 330 valence electrons. The summed E-state index contributed by atoms with van der Waals surface area (Å²) >= 11 is 0. The molecule has 5 aliphatic rings. The third kappa shape index (κ3) is 8.33. The van der Waals surface area contributed by atoms with E-state index in [0.29, 0.717) is 19.3 Å². The lowest BCUT2D eigenvalue weighted by Crippen LogP contribution is -2.82. The molecule has 0 spiro atoms. The molecule has 3 aliphatic carbocycles. The summed E-state index contributed by atoms with van der Waals surface area (Å²) in [4.78, 5) is 96.7. The van der Waals surface area contributed by atoms with Gasteiger partial charge in [-0.2, -0.15) is 0 Å². The number of likely N-dealkylation sites (N-methyl/N-ethyl adjacent to an activating group) is 1. The number of carbonyl (C=O) groups excluding carboxylic acids is 7. The van der Waals surface area contributed by atoms with Gasteiger partial charge in [-0.25, -0.2) is 9.59 Å². The van der Waals surface area contributed by atoms with Crippen molar-refractivity contribution in [1.29, 1.82) is 0 Å². The van der Waals surface area contributed by atoms with Crippen LogP contribution in [0.15, 0.2) is 11.1 Å². The number of fused-ring (bicyclic) bond motifs is 6. The van der Waals surface area contributed by atoms with E-state index in [2.05, 4.69) is 5.32 Å². The smallest absolute Gasteiger partial charge is 0.407 e. The number of ether oxygens (including phenoxy) is 6. The molecule has 4 N–H and O–H groups in total. The Bertz CT molecular complexity index is 1770. The zero-order chi connectivity index (χ0) is 44.2. The molecule has 5 rings (SSSR count). The number of aliphatic hydroxyl groups excluding tert-OH is 2. The molecule has 0 aromatic rings. The number of carbonyl (C=O) groups is 7. The number of hydrogen-bond acceptors (Lipinski definition) is 16. The van der Waals surface area contributed by atoms with Crippen LogP contribution in [0.4, 0.5) is 4.79 Å². The van der Waals surface area contributed by atoms with Gasteiger partial charge in [-0.3, -0.25) is 24.0 Å². The van der Waals surface area contributed by atoms with E-state index in [-0.39, 0.29) is 37.0 Å². The summed E-state index contributed by atoms with van der Waals surface area (Å²) in [5.74, 6) is -6.83. The minimum Gasteiger partial charge on any atom is -0.457 e. The first-order valence-corrected chi connectivity index (χ1v) is 20.2. The van der Waals surface area contributed by atoms with E-state index in [9.17, 15) is 44.1 Å². The lowest BCUT2D eigenvalue weighted by molar-refractivity contribution is -0.347. The molecule has 2 aliphatic heterocycles. The molecule has 2 heterocycles. The Morgan fingerprint density at radius 3 is 2.20 bits per heavy atom. The van der Waals surface area contributed by atoms with Crippen molar-refractivity contribution in [3.8, 4) is 0 Å². The van der Waals surface area contributed by atoms with Crippen LogP contribution in [-0.2, 0) is 57.2 Å². The number of rotatable bonds is 3. The van der Waals surface area contributed by atoms with E-state index in [1.165, 1.54) is 34.7 Å². The van der Waals surface area contributed by atoms with Crippen LogP contribution in [0, 0.1) is 16.7 Å². The molecule has 0 radical (unpaired) electrons. The monoisotopic (exact) mass is 836 g/mol. The Balaban J connectivity index is 1.75. The van der Waals surface area contributed by atoms with E-state index in [4.69, 9.17) is 28.4 Å². The zero-order valence-corrected chi connectivity index (χ0v) is 35.6. The van der Waals surface area contributed by atoms with Gasteiger partial charge in [0.2, 0.25) is 5.91 Å². The number of aliphatic hydroxyl groups is 3. The molecule has 2 saturated carbocycles. The lowest BCUT2D eigenvalue weighted by Gasteiger charge is -2.67. The average molecular weight is 837 g/mol. The van der Waals surface area contributed by atoms with Crippen LogP contribution in [0.1, 0.15) is 107 Å². The van der Waals surface area contributed by atoms with Crippen molar-refractivity contribution in [2.24, 2.45) is 16.7 Å². The fourth-order valence-corrected chi connectivity index (χ4v) is 9.87. The van der Waals surface area contributed by atoms with Gasteiger partial charge < -0.3 is 54.0 Å².